The van der Waals surface area contributed by atoms with Crippen LogP contribution in [-0.4, -0.2) is 16.1 Å². The minimum Gasteiger partial charge on any atom is -0.383 e. The molecule has 0 aromatic carbocycles. The Balaban J connectivity index is 3.08. The number of nitrogens with one attached hydrogen (secondary N) is 1. The summed E-state index contributed by atoms with van der Waals surface area (Å²) in [6.07, 6.45) is -5.69. The molecule has 0 amide bonds. The summed E-state index contributed by atoms with van der Waals surface area (Å²) in [5.41, 5.74) is 4.72. The van der Waals surface area contributed by atoms with Crippen LogP contribution in [-0.2, 0) is 6.42 Å². The topological polar surface area (TPSA) is 71.8 Å². The van der Waals surface area contributed by atoms with Crippen LogP contribution >= 0.6 is 0 Å². The normalized spacial score (nSPS) is 11.7. The number of halogens is 3. The number of rotatable bonds is 1. The van der Waals surface area contributed by atoms with Crippen LogP contribution in [0.3, 0.4) is 0 Å². The molecule has 0 saturated carbocycles. The summed E-state index contributed by atoms with van der Waals surface area (Å²) in [5.74, 6) is -0.640. The van der Waals surface area contributed by atoms with Gasteiger partial charge in [-0.2, -0.15) is 13.2 Å². The Kier molecular flexibility index (Phi) is 2.50. The Morgan fingerprint density at radius 1 is 1.50 bits per heavy atom. The summed E-state index contributed by atoms with van der Waals surface area (Å²) >= 11 is 0. The highest BCUT2D eigenvalue weighted by atomic mass is 19.4. The van der Waals surface area contributed by atoms with Gasteiger partial charge in [0, 0.05) is 0 Å². The first-order valence-electron chi connectivity index (χ1n) is 3.71. The molecule has 0 aliphatic rings. The van der Waals surface area contributed by atoms with Crippen LogP contribution in [0.4, 0.5) is 19.0 Å². The lowest BCUT2D eigenvalue weighted by molar-refractivity contribution is -0.128. The first kappa shape index (κ1) is 10.6. The first-order chi connectivity index (χ1) is 6.29. The van der Waals surface area contributed by atoms with Gasteiger partial charge in [-0.05, 0) is 6.92 Å². The van der Waals surface area contributed by atoms with Crippen molar-refractivity contribution in [1.29, 1.82) is 0 Å². The van der Waals surface area contributed by atoms with E-state index in [1.54, 1.807) is 0 Å². The van der Waals surface area contributed by atoms with Crippen LogP contribution in [0.25, 0.3) is 0 Å². The lowest BCUT2D eigenvalue weighted by Crippen LogP contribution is -2.21. The predicted molar refractivity (Wildman–Crippen MR) is 43.8 cm³/mol. The van der Waals surface area contributed by atoms with Crippen LogP contribution in [0.5, 0.6) is 0 Å². The van der Waals surface area contributed by atoms with Crippen molar-refractivity contribution in [3.63, 3.8) is 0 Å². The number of nitrogen functional groups attached to an aromatic ring is 1. The van der Waals surface area contributed by atoms with E-state index in [1.165, 1.54) is 6.92 Å². The average molecular weight is 207 g/mol. The fourth-order valence-corrected chi connectivity index (χ4v) is 0.872. The zero-order valence-electron chi connectivity index (χ0n) is 7.27. The molecule has 1 aromatic heterocycles. The number of aromatic amines is 1. The van der Waals surface area contributed by atoms with E-state index < -0.39 is 24.0 Å². The molecule has 0 radical (unpaired) electrons. The van der Waals surface area contributed by atoms with Gasteiger partial charge in [-0.15, -0.1) is 0 Å². The van der Waals surface area contributed by atoms with Crippen molar-refractivity contribution < 1.29 is 13.2 Å². The predicted octanol–water partition coefficient (Wildman–Crippen LogP) is 0.765. The van der Waals surface area contributed by atoms with E-state index >= 15 is 0 Å². The van der Waals surface area contributed by atoms with E-state index in [4.69, 9.17) is 5.73 Å². The Hall–Kier alpha value is -1.53. The zero-order chi connectivity index (χ0) is 10.9. The maximum Gasteiger partial charge on any atom is 0.396 e. The molecule has 78 valence electrons. The number of hydrogen-bond donors (Lipinski definition) is 2. The van der Waals surface area contributed by atoms with Gasteiger partial charge in [-0.1, -0.05) is 0 Å². The molecular weight excluding hydrogens is 199 g/mol. The lowest BCUT2D eigenvalue weighted by atomic mass is 10.3. The van der Waals surface area contributed by atoms with Gasteiger partial charge in [0.1, 0.15) is 18.1 Å². The number of H-pyrrole nitrogens is 1. The highest BCUT2D eigenvalue weighted by molar-refractivity contribution is 5.36. The third-order valence-electron chi connectivity index (χ3n) is 1.61. The highest BCUT2D eigenvalue weighted by Crippen LogP contribution is 2.19. The van der Waals surface area contributed by atoms with E-state index in [9.17, 15) is 18.0 Å². The highest BCUT2D eigenvalue weighted by Gasteiger charge is 2.29. The number of nitrogens with zero attached hydrogens (tertiary/aromatic N) is 1. The molecule has 1 heterocycles. The van der Waals surface area contributed by atoms with Gasteiger partial charge >= 0.3 is 6.18 Å². The maximum absolute atomic E-state index is 11.9. The fourth-order valence-electron chi connectivity index (χ4n) is 0.872. The second-order valence-electron chi connectivity index (χ2n) is 2.81. The van der Waals surface area contributed by atoms with E-state index in [0.29, 0.717) is 0 Å². The van der Waals surface area contributed by atoms with Gasteiger partial charge in [0.05, 0.1) is 5.56 Å². The molecule has 0 atom stereocenters. The Morgan fingerprint density at radius 2 is 2.07 bits per heavy atom. The van der Waals surface area contributed by atoms with Gasteiger partial charge in [0.2, 0.25) is 0 Å². The molecule has 3 N–H and O–H groups in total. The Bertz CT molecular complexity index is 396. The van der Waals surface area contributed by atoms with Gasteiger partial charge < -0.3 is 10.7 Å². The summed E-state index contributed by atoms with van der Waals surface area (Å²) in [7, 11) is 0. The smallest absolute Gasteiger partial charge is 0.383 e. The van der Waals surface area contributed by atoms with Crippen LogP contribution in [0, 0.1) is 6.92 Å². The van der Waals surface area contributed by atoms with Gasteiger partial charge in [-0.25, -0.2) is 4.98 Å². The molecule has 0 saturated heterocycles. The molecule has 0 bridgehead atoms. The van der Waals surface area contributed by atoms with E-state index in [1.807, 2.05) is 4.98 Å². The molecule has 0 unspecified atom stereocenters. The molecule has 0 aliphatic heterocycles. The molecular formula is C7H8F3N3O. The molecule has 4 nitrogen and oxygen atoms in total. The monoisotopic (exact) mass is 207 g/mol. The van der Waals surface area contributed by atoms with Crippen molar-refractivity contribution in [2.24, 2.45) is 0 Å². The summed E-state index contributed by atoms with van der Waals surface area (Å²) in [6.45, 7) is 1.39. The zero-order valence-corrected chi connectivity index (χ0v) is 7.27. The lowest BCUT2D eigenvalue weighted by Gasteiger charge is -2.06. The number of aromatic nitrogens is 2. The molecule has 14 heavy (non-hydrogen) atoms. The molecule has 0 fully saturated rings. The van der Waals surface area contributed by atoms with Crippen LogP contribution in [0.1, 0.15) is 11.4 Å². The SMILES string of the molecule is Cc1c(N)nc(CC(F)(F)F)[nH]c1=O. The summed E-state index contributed by atoms with van der Waals surface area (Å²) in [4.78, 5) is 16.4. The average Bonchev–Trinajstić information content (AvgIpc) is 1.96. The molecule has 0 aliphatic carbocycles. The largest absolute Gasteiger partial charge is 0.396 e. The second kappa shape index (κ2) is 3.32. The second-order valence-corrected chi connectivity index (χ2v) is 2.81. The number of alkyl halides is 3. The number of anilines is 1. The summed E-state index contributed by atoms with van der Waals surface area (Å²) < 4.78 is 35.7. The van der Waals surface area contributed by atoms with Crippen molar-refractivity contribution in [1.82, 2.24) is 9.97 Å². The van der Waals surface area contributed by atoms with E-state index in [0.717, 1.165) is 0 Å². The van der Waals surface area contributed by atoms with Crippen molar-refractivity contribution in [3.8, 4) is 0 Å². The van der Waals surface area contributed by atoms with Crippen LogP contribution in [0.2, 0.25) is 0 Å². The fraction of sp³-hybridized carbons (Fsp3) is 0.429. The standard InChI is InChI=1S/C7H8F3N3O/c1-3-5(11)12-4(13-6(3)14)2-7(8,9)10/h2H2,1H3,(H3,11,12,13,14). The molecule has 7 heteroatoms. The van der Waals surface area contributed by atoms with Crippen LogP contribution < -0.4 is 11.3 Å². The third-order valence-corrected chi connectivity index (χ3v) is 1.61. The Morgan fingerprint density at radius 3 is 2.50 bits per heavy atom. The quantitative estimate of drug-likeness (QED) is 0.714. The van der Waals surface area contributed by atoms with E-state index in [-0.39, 0.29) is 11.4 Å². The first-order valence-corrected chi connectivity index (χ1v) is 3.71. The number of hydrogen-bond acceptors (Lipinski definition) is 3. The van der Waals surface area contributed by atoms with Gasteiger partial charge in [0.25, 0.3) is 5.56 Å². The third kappa shape index (κ3) is 2.48. The minimum atomic E-state index is -4.41. The van der Waals surface area contributed by atoms with Crippen molar-refractivity contribution in [3.05, 3.63) is 21.7 Å². The van der Waals surface area contributed by atoms with Crippen molar-refractivity contribution in [2.75, 3.05) is 5.73 Å². The molecule has 1 rings (SSSR count). The van der Waals surface area contributed by atoms with E-state index in [2.05, 4.69) is 4.98 Å². The van der Waals surface area contributed by atoms with Crippen LogP contribution in [0.15, 0.2) is 4.79 Å². The number of nitrogens with two attached hydrogens (primary N) is 1. The van der Waals surface area contributed by atoms with Gasteiger partial charge in [-0.3, -0.25) is 4.79 Å². The maximum atomic E-state index is 11.9. The summed E-state index contributed by atoms with van der Waals surface area (Å²) in [5, 5.41) is 0. The summed E-state index contributed by atoms with van der Waals surface area (Å²) in [6, 6.07) is 0. The molecule has 1 aromatic rings. The Labute approximate surface area is 77.0 Å². The van der Waals surface area contributed by atoms with Crippen molar-refractivity contribution in [2.45, 2.75) is 19.5 Å². The van der Waals surface area contributed by atoms with Crippen molar-refractivity contribution >= 4 is 5.82 Å². The molecule has 0 spiro atoms. The van der Waals surface area contributed by atoms with Gasteiger partial charge in [0.15, 0.2) is 0 Å². The minimum absolute atomic E-state index is 0.121.